The summed E-state index contributed by atoms with van der Waals surface area (Å²) < 4.78 is 0. The molecule has 21 heavy (non-hydrogen) atoms. The topological polar surface area (TPSA) is 145 Å². The van der Waals surface area contributed by atoms with Gasteiger partial charge in [0.05, 0.1) is 6.54 Å². The Kier molecular flexibility index (Phi) is 7.10. The number of carbonyl (C=O) groups excluding carboxylic acids is 1. The Bertz CT molecular complexity index is 369. The van der Waals surface area contributed by atoms with E-state index in [4.69, 9.17) is 15.8 Å². The predicted octanol–water partition coefficient (Wildman–Crippen LogP) is -1.72. The van der Waals surface area contributed by atoms with Crippen LogP contribution in [0.25, 0.3) is 0 Å². The van der Waals surface area contributed by atoms with Crippen molar-refractivity contribution in [3.63, 3.8) is 0 Å². The van der Waals surface area contributed by atoms with Gasteiger partial charge in [-0.05, 0) is 32.1 Å². The minimum absolute atomic E-state index is 0.113. The van der Waals surface area contributed by atoms with Crippen molar-refractivity contribution in [3.05, 3.63) is 0 Å². The van der Waals surface area contributed by atoms with Gasteiger partial charge >= 0.3 is 13.1 Å². The van der Waals surface area contributed by atoms with E-state index in [0.29, 0.717) is 38.6 Å². The van der Waals surface area contributed by atoms with Crippen LogP contribution in [0.4, 0.5) is 0 Å². The van der Waals surface area contributed by atoms with Gasteiger partial charge in [0.1, 0.15) is 5.54 Å². The number of carboxylic acid groups (broad SMARTS) is 1. The first-order valence-corrected chi connectivity index (χ1v) is 7.23. The van der Waals surface area contributed by atoms with Gasteiger partial charge in [-0.1, -0.05) is 12.8 Å². The van der Waals surface area contributed by atoms with E-state index in [2.05, 4.69) is 10.6 Å². The predicted molar refractivity (Wildman–Crippen MR) is 77.4 cm³/mol. The normalized spacial score (nSPS) is 25.4. The number of piperidine rings is 1. The molecule has 1 heterocycles. The van der Waals surface area contributed by atoms with Crippen LogP contribution in [-0.4, -0.2) is 58.8 Å². The maximum atomic E-state index is 11.6. The van der Waals surface area contributed by atoms with Crippen LogP contribution in [0.5, 0.6) is 0 Å². The fourth-order valence-electron chi connectivity index (χ4n) is 2.70. The van der Waals surface area contributed by atoms with Gasteiger partial charge in [0.25, 0.3) is 0 Å². The number of hydrogen-bond acceptors (Lipinski definition) is 6. The summed E-state index contributed by atoms with van der Waals surface area (Å²) >= 11 is 0. The van der Waals surface area contributed by atoms with E-state index < -0.39 is 18.6 Å². The molecule has 1 fully saturated rings. The van der Waals surface area contributed by atoms with Crippen LogP contribution in [0.1, 0.15) is 32.1 Å². The Labute approximate surface area is 124 Å². The number of rotatable bonds is 8. The molecule has 2 atom stereocenters. The van der Waals surface area contributed by atoms with Gasteiger partial charge in [0, 0.05) is 6.04 Å². The minimum Gasteiger partial charge on any atom is -0.480 e. The number of unbranched alkanes of at least 4 members (excludes halogenated alkanes) is 1. The highest BCUT2D eigenvalue weighted by Crippen LogP contribution is 2.26. The van der Waals surface area contributed by atoms with Crippen molar-refractivity contribution in [2.24, 2.45) is 5.73 Å². The Hall–Kier alpha value is -1.16. The van der Waals surface area contributed by atoms with Gasteiger partial charge in [-0.3, -0.25) is 9.59 Å². The summed E-state index contributed by atoms with van der Waals surface area (Å²) in [6.07, 6.45) is 2.67. The molecule has 9 heteroatoms. The summed E-state index contributed by atoms with van der Waals surface area (Å²) in [6.45, 7) is 0.392. The third-order valence-electron chi connectivity index (χ3n) is 3.83. The summed E-state index contributed by atoms with van der Waals surface area (Å²) in [5.74, 6) is -1.23. The fraction of sp³-hybridized carbons (Fsp3) is 0.833. The SMILES string of the molecule is NCC(=O)N[C@H]1CCN[C@@](CCCCB(O)O)(C(=O)O)C1. The lowest BCUT2D eigenvalue weighted by atomic mass is 9.79. The lowest BCUT2D eigenvalue weighted by Gasteiger charge is -2.39. The van der Waals surface area contributed by atoms with Crippen LogP contribution >= 0.6 is 0 Å². The van der Waals surface area contributed by atoms with Crippen LogP contribution in [0.3, 0.4) is 0 Å². The molecule has 0 radical (unpaired) electrons. The highest BCUT2D eigenvalue weighted by Gasteiger charge is 2.42. The Morgan fingerprint density at radius 1 is 1.38 bits per heavy atom. The quantitative estimate of drug-likeness (QED) is 0.231. The number of hydrogen-bond donors (Lipinski definition) is 6. The van der Waals surface area contributed by atoms with Crippen molar-refractivity contribution in [1.82, 2.24) is 10.6 Å². The molecule has 0 bridgehead atoms. The Morgan fingerprint density at radius 3 is 2.67 bits per heavy atom. The summed E-state index contributed by atoms with van der Waals surface area (Å²) in [5, 5.41) is 32.9. The van der Waals surface area contributed by atoms with Crippen molar-refractivity contribution in [3.8, 4) is 0 Å². The number of aliphatic carboxylic acids is 1. The molecule has 1 aliphatic heterocycles. The monoisotopic (exact) mass is 301 g/mol. The van der Waals surface area contributed by atoms with Crippen LogP contribution < -0.4 is 16.4 Å². The first kappa shape index (κ1) is 17.9. The van der Waals surface area contributed by atoms with Gasteiger partial charge in [0.2, 0.25) is 5.91 Å². The molecule has 0 aromatic carbocycles. The first-order chi connectivity index (χ1) is 9.89. The molecule has 8 nitrogen and oxygen atoms in total. The van der Waals surface area contributed by atoms with E-state index in [1.807, 2.05) is 0 Å². The smallest absolute Gasteiger partial charge is 0.451 e. The number of nitrogens with two attached hydrogens (primary N) is 1. The van der Waals surface area contributed by atoms with E-state index in [0.717, 1.165) is 0 Å². The zero-order valence-electron chi connectivity index (χ0n) is 12.0. The van der Waals surface area contributed by atoms with Crippen LogP contribution in [0, 0.1) is 0 Å². The van der Waals surface area contributed by atoms with Crippen molar-refractivity contribution in [1.29, 1.82) is 0 Å². The number of carboxylic acids is 1. The van der Waals surface area contributed by atoms with Gasteiger partial charge in [-0.25, -0.2) is 0 Å². The average molecular weight is 301 g/mol. The molecule has 0 aliphatic carbocycles. The standard InChI is InChI=1S/C12H24BN3O5/c14-8-10(17)16-9-3-6-15-12(7-9,11(18)19)4-1-2-5-13(20)21/h9,15,20-21H,1-8,14H2,(H,16,17)(H,18,19)/t9-,12+/m0/s1. The number of nitrogens with one attached hydrogen (secondary N) is 2. The zero-order chi connectivity index (χ0) is 15.9. The van der Waals surface area contributed by atoms with Gasteiger partial charge in [-0.15, -0.1) is 0 Å². The summed E-state index contributed by atoms with van der Waals surface area (Å²) in [5.41, 5.74) is 4.17. The summed E-state index contributed by atoms with van der Waals surface area (Å²) in [4.78, 5) is 22.9. The molecule has 0 saturated carbocycles. The van der Waals surface area contributed by atoms with Crippen molar-refractivity contribution < 1.29 is 24.7 Å². The second-order valence-electron chi connectivity index (χ2n) is 5.50. The second kappa shape index (κ2) is 8.33. The third-order valence-corrected chi connectivity index (χ3v) is 3.83. The molecule has 1 amide bonds. The largest absolute Gasteiger partial charge is 0.480 e. The van der Waals surface area contributed by atoms with Gasteiger partial charge < -0.3 is 31.5 Å². The Morgan fingerprint density at radius 2 is 2.10 bits per heavy atom. The number of amides is 1. The van der Waals surface area contributed by atoms with E-state index in [1.54, 1.807) is 0 Å². The van der Waals surface area contributed by atoms with Gasteiger partial charge in [0.15, 0.2) is 0 Å². The zero-order valence-corrected chi connectivity index (χ0v) is 12.0. The van der Waals surface area contributed by atoms with Gasteiger partial charge in [-0.2, -0.15) is 0 Å². The van der Waals surface area contributed by atoms with Crippen molar-refractivity contribution >= 4 is 19.0 Å². The molecule has 1 saturated heterocycles. The fourth-order valence-corrected chi connectivity index (χ4v) is 2.70. The molecule has 1 aliphatic rings. The molecular formula is C12H24BN3O5. The average Bonchev–Trinajstić information content (AvgIpc) is 2.43. The number of carbonyl (C=O) groups is 2. The summed E-state index contributed by atoms with van der Waals surface area (Å²) in [7, 11) is -1.36. The molecule has 1 rings (SSSR count). The van der Waals surface area contributed by atoms with E-state index in [9.17, 15) is 14.7 Å². The second-order valence-corrected chi connectivity index (χ2v) is 5.50. The lowest BCUT2D eigenvalue weighted by molar-refractivity contribution is -0.147. The lowest BCUT2D eigenvalue weighted by Crippen LogP contribution is -2.60. The van der Waals surface area contributed by atoms with Crippen molar-refractivity contribution in [2.45, 2.75) is 50.0 Å². The van der Waals surface area contributed by atoms with Crippen molar-refractivity contribution in [2.75, 3.05) is 13.1 Å². The molecule has 120 valence electrons. The highest BCUT2D eigenvalue weighted by molar-refractivity contribution is 6.40. The maximum absolute atomic E-state index is 11.6. The highest BCUT2D eigenvalue weighted by atomic mass is 16.4. The molecule has 7 N–H and O–H groups in total. The molecule has 0 unspecified atom stereocenters. The van der Waals surface area contributed by atoms with E-state index >= 15 is 0 Å². The molecule has 0 aromatic rings. The summed E-state index contributed by atoms with van der Waals surface area (Å²) in [6, 6.07) is -0.207. The van der Waals surface area contributed by atoms with Crippen LogP contribution in [0.15, 0.2) is 0 Å². The van der Waals surface area contributed by atoms with E-state index in [1.165, 1.54) is 0 Å². The molecule has 0 aromatic heterocycles. The molecule has 0 spiro atoms. The van der Waals surface area contributed by atoms with Crippen LogP contribution in [-0.2, 0) is 9.59 Å². The minimum atomic E-state index is -1.36. The first-order valence-electron chi connectivity index (χ1n) is 7.23. The maximum Gasteiger partial charge on any atom is 0.451 e. The van der Waals surface area contributed by atoms with Crippen LogP contribution in [0.2, 0.25) is 6.32 Å². The molecular weight excluding hydrogens is 277 g/mol. The Balaban J connectivity index is 2.57. The third kappa shape index (κ3) is 5.62. The van der Waals surface area contributed by atoms with E-state index in [-0.39, 0.29) is 24.8 Å².